The number of benzene rings is 8. The maximum absolute atomic E-state index is 6.53. The molecule has 0 radical (unpaired) electrons. The molecule has 0 atom stereocenters. The Morgan fingerprint density at radius 1 is 0.302 bits per heavy atom. The van der Waals surface area contributed by atoms with Crippen LogP contribution < -0.4 is 0 Å². The Hall–Kier alpha value is -7.17. The van der Waals surface area contributed by atoms with Crippen molar-refractivity contribution in [2.45, 2.75) is 0 Å². The molecule has 0 saturated heterocycles. The molecule has 0 aliphatic rings. The zero-order chi connectivity index (χ0) is 35.1. The van der Waals surface area contributed by atoms with Crippen LogP contribution in [0.2, 0.25) is 0 Å². The molecule has 0 bridgehead atoms. The molecule has 4 nitrogen and oxygen atoms in total. The highest BCUT2D eigenvalue weighted by Crippen LogP contribution is 2.40. The lowest BCUT2D eigenvalue weighted by atomic mass is 9.94. The van der Waals surface area contributed by atoms with E-state index in [0.717, 1.165) is 60.9 Å². The molecule has 0 spiro atoms. The summed E-state index contributed by atoms with van der Waals surface area (Å²) in [5.74, 6) is 1.81. The minimum atomic E-state index is 0.590. The van der Waals surface area contributed by atoms with Crippen molar-refractivity contribution in [1.29, 1.82) is 0 Å². The fourth-order valence-corrected chi connectivity index (χ4v) is 7.30. The summed E-state index contributed by atoms with van der Waals surface area (Å²) < 4.78 is 6.53. The first-order chi connectivity index (χ1) is 26.2. The van der Waals surface area contributed by atoms with Crippen molar-refractivity contribution in [2.75, 3.05) is 0 Å². The third-order valence-electron chi connectivity index (χ3n) is 9.96. The summed E-state index contributed by atoms with van der Waals surface area (Å²) in [6.07, 6.45) is 0. The Bertz CT molecular complexity index is 2910. The summed E-state index contributed by atoms with van der Waals surface area (Å²) in [6, 6.07) is 65.2. The van der Waals surface area contributed by atoms with Gasteiger partial charge in [-0.05, 0) is 62.4 Å². The van der Waals surface area contributed by atoms with Crippen LogP contribution in [0.3, 0.4) is 0 Å². The Kier molecular flexibility index (Phi) is 7.43. The number of para-hydroxylation sites is 1. The molecule has 0 amide bonds. The number of furan rings is 1. The zero-order valence-corrected chi connectivity index (χ0v) is 28.6. The van der Waals surface area contributed by atoms with Gasteiger partial charge in [0.15, 0.2) is 17.5 Å². The van der Waals surface area contributed by atoms with Gasteiger partial charge in [0.2, 0.25) is 0 Å². The second-order valence-electron chi connectivity index (χ2n) is 13.2. The quantitative estimate of drug-likeness (QED) is 0.176. The molecular weight excluding hydrogens is 647 g/mol. The Balaban J connectivity index is 1.15. The predicted octanol–water partition coefficient (Wildman–Crippen LogP) is 12.9. The van der Waals surface area contributed by atoms with Crippen molar-refractivity contribution >= 4 is 32.7 Å². The SMILES string of the molecule is c1ccc(-c2ccc(-c3nc(-c4ccccc4)nc(-c4cc(-c5ccc(-c6cccc7ccccc67)cc5)cc5oc6ccccc6c45)n3)cc2)cc1. The second-order valence-corrected chi connectivity index (χ2v) is 13.2. The van der Waals surface area contributed by atoms with Crippen molar-refractivity contribution in [3.8, 4) is 67.5 Å². The van der Waals surface area contributed by atoms with Crippen LogP contribution in [0.15, 0.2) is 192 Å². The van der Waals surface area contributed by atoms with Crippen molar-refractivity contribution < 1.29 is 4.42 Å². The van der Waals surface area contributed by atoms with Crippen LogP contribution in [-0.4, -0.2) is 15.0 Å². The van der Waals surface area contributed by atoms with Gasteiger partial charge in [-0.3, -0.25) is 0 Å². The van der Waals surface area contributed by atoms with E-state index in [1.807, 2.05) is 54.6 Å². The highest BCUT2D eigenvalue weighted by atomic mass is 16.3. The van der Waals surface area contributed by atoms with Crippen LogP contribution >= 0.6 is 0 Å². The summed E-state index contributed by atoms with van der Waals surface area (Å²) in [7, 11) is 0. The van der Waals surface area contributed by atoms with Gasteiger partial charge >= 0.3 is 0 Å². The van der Waals surface area contributed by atoms with Crippen LogP contribution in [0.1, 0.15) is 0 Å². The minimum absolute atomic E-state index is 0.590. The predicted molar refractivity (Wildman–Crippen MR) is 217 cm³/mol. The van der Waals surface area contributed by atoms with E-state index in [1.54, 1.807) is 0 Å². The molecule has 53 heavy (non-hydrogen) atoms. The molecule has 0 N–H and O–H groups in total. The molecule has 10 rings (SSSR count). The fourth-order valence-electron chi connectivity index (χ4n) is 7.30. The Labute approximate surface area is 306 Å². The lowest BCUT2D eigenvalue weighted by molar-refractivity contribution is 0.669. The standard InChI is InChI=1S/C49H31N3O/c1-3-12-32(13-4-1)33-24-28-38(29-25-33)48-50-47(37-15-5-2-6-16-37)51-49(52-48)43-30-39(31-45-46(43)42-19-9-10-21-44(42)53-45)34-22-26-36(27-23-34)41-20-11-17-35-14-7-8-18-40(35)41/h1-31H. The minimum Gasteiger partial charge on any atom is -0.456 e. The van der Waals surface area contributed by atoms with Crippen LogP contribution in [-0.2, 0) is 0 Å². The largest absolute Gasteiger partial charge is 0.456 e. The molecule has 0 aliphatic heterocycles. The topological polar surface area (TPSA) is 51.8 Å². The van der Waals surface area contributed by atoms with Gasteiger partial charge in [0, 0.05) is 27.5 Å². The Morgan fingerprint density at radius 2 is 0.811 bits per heavy atom. The van der Waals surface area contributed by atoms with Gasteiger partial charge in [0.25, 0.3) is 0 Å². The first kappa shape index (κ1) is 30.6. The van der Waals surface area contributed by atoms with E-state index in [4.69, 9.17) is 19.4 Å². The van der Waals surface area contributed by atoms with Crippen molar-refractivity contribution in [3.05, 3.63) is 188 Å². The number of rotatable bonds is 6. The lowest BCUT2D eigenvalue weighted by Gasteiger charge is -2.12. The molecular formula is C49H31N3O. The van der Waals surface area contributed by atoms with E-state index in [-0.39, 0.29) is 0 Å². The number of hydrogen-bond acceptors (Lipinski definition) is 4. The molecule has 248 valence electrons. The summed E-state index contributed by atoms with van der Waals surface area (Å²) in [4.78, 5) is 15.4. The zero-order valence-electron chi connectivity index (χ0n) is 28.6. The second kappa shape index (κ2) is 12.9. The molecule has 0 fully saturated rings. The fraction of sp³-hybridized carbons (Fsp3) is 0. The van der Waals surface area contributed by atoms with Crippen LogP contribution in [0.25, 0.3) is 100 Å². The molecule has 2 heterocycles. The average Bonchev–Trinajstić information content (AvgIpc) is 3.62. The summed E-state index contributed by atoms with van der Waals surface area (Å²) in [6.45, 7) is 0. The van der Waals surface area contributed by atoms with Crippen molar-refractivity contribution in [2.24, 2.45) is 0 Å². The normalized spacial score (nSPS) is 11.4. The van der Waals surface area contributed by atoms with Gasteiger partial charge in [0.1, 0.15) is 11.2 Å². The third-order valence-corrected chi connectivity index (χ3v) is 9.96. The van der Waals surface area contributed by atoms with E-state index < -0.39 is 0 Å². The van der Waals surface area contributed by atoms with Crippen LogP contribution in [0, 0.1) is 0 Å². The first-order valence-corrected chi connectivity index (χ1v) is 17.8. The molecule has 0 saturated carbocycles. The Morgan fingerprint density at radius 3 is 1.55 bits per heavy atom. The monoisotopic (exact) mass is 677 g/mol. The number of nitrogens with zero attached hydrogens (tertiary/aromatic N) is 3. The maximum Gasteiger partial charge on any atom is 0.164 e. The van der Waals surface area contributed by atoms with E-state index in [2.05, 4.69) is 133 Å². The molecule has 0 unspecified atom stereocenters. The smallest absolute Gasteiger partial charge is 0.164 e. The van der Waals surface area contributed by atoms with Gasteiger partial charge in [-0.15, -0.1) is 0 Å². The summed E-state index contributed by atoms with van der Waals surface area (Å²) >= 11 is 0. The van der Waals surface area contributed by atoms with E-state index >= 15 is 0 Å². The molecule has 2 aromatic heterocycles. The number of fused-ring (bicyclic) bond motifs is 4. The maximum atomic E-state index is 6.53. The number of aromatic nitrogens is 3. The molecule has 4 heteroatoms. The van der Waals surface area contributed by atoms with Gasteiger partial charge in [-0.25, -0.2) is 15.0 Å². The summed E-state index contributed by atoms with van der Waals surface area (Å²) in [5, 5.41) is 4.47. The molecule has 8 aromatic carbocycles. The first-order valence-electron chi connectivity index (χ1n) is 17.8. The van der Waals surface area contributed by atoms with E-state index in [1.165, 1.54) is 21.9 Å². The molecule has 0 aliphatic carbocycles. The molecule has 10 aromatic rings. The van der Waals surface area contributed by atoms with Crippen molar-refractivity contribution in [1.82, 2.24) is 15.0 Å². The van der Waals surface area contributed by atoms with Gasteiger partial charge < -0.3 is 4.42 Å². The van der Waals surface area contributed by atoms with Crippen LogP contribution in [0.4, 0.5) is 0 Å². The average molecular weight is 678 g/mol. The van der Waals surface area contributed by atoms with E-state index in [9.17, 15) is 0 Å². The van der Waals surface area contributed by atoms with E-state index in [0.29, 0.717) is 17.5 Å². The van der Waals surface area contributed by atoms with Crippen molar-refractivity contribution in [3.63, 3.8) is 0 Å². The van der Waals surface area contributed by atoms with Gasteiger partial charge in [-0.1, -0.05) is 170 Å². The van der Waals surface area contributed by atoms with Gasteiger partial charge in [-0.2, -0.15) is 0 Å². The summed E-state index contributed by atoms with van der Waals surface area (Å²) in [5.41, 5.74) is 11.1. The van der Waals surface area contributed by atoms with Crippen LogP contribution in [0.5, 0.6) is 0 Å². The lowest BCUT2D eigenvalue weighted by Crippen LogP contribution is -2.00. The van der Waals surface area contributed by atoms with Gasteiger partial charge in [0.05, 0.1) is 0 Å². The highest BCUT2D eigenvalue weighted by molar-refractivity contribution is 6.13. The third kappa shape index (κ3) is 5.63. The number of hydrogen-bond donors (Lipinski definition) is 0. The highest BCUT2D eigenvalue weighted by Gasteiger charge is 2.20.